The number of rotatable bonds is 3. The fourth-order valence-corrected chi connectivity index (χ4v) is 1.98. The van der Waals surface area contributed by atoms with Crippen molar-refractivity contribution in [2.24, 2.45) is 0 Å². The smallest absolute Gasteiger partial charge is 0.387 e. The number of benzene rings is 1. The maximum atomic E-state index is 12.8. The minimum absolute atomic E-state index is 0.0856. The molecule has 7 heteroatoms. The normalized spacial score (nSPS) is 16.9. The first-order valence-corrected chi connectivity index (χ1v) is 6.03. The number of alkyl halides is 3. The molecule has 104 valence electrons. The fraction of sp³-hybridized carbons (Fsp3) is 0.417. The van der Waals surface area contributed by atoms with E-state index in [0.717, 1.165) is 0 Å². The molecule has 1 fully saturated rings. The zero-order chi connectivity index (χ0) is 14.3. The highest BCUT2D eigenvalue weighted by Gasteiger charge is 2.64. The van der Waals surface area contributed by atoms with Crippen molar-refractivity contribution in [1.82, 2.24) is 5.32 Å². The summed E-state index contributed by atoms with van der Waals surface area (Å²) in [4.78, 5) is 12.0. The third-order valence-corrected chi connectivity index (χ3v) is 3.38. The Morgan fingerprint density at radius 1 is 1.37 bits per heavy atom. The van der Waals surface area contributed by atoms with Gasteiger partial charge in [-0.3, -0.25) is 4.79 Å². The van der Waals surface area contributed by atoms with Crippen molar-refractivity contribution >= 4 is 23.2 Å². The van der Waals surface area contributed by atoms with Gasteiger partial charge in [-0.2, -0.15) is 13.2 Å². The van der Waals surface area contributed by atoms with E-state index < -0.39 is 17.6 Å². The van der Waals surface area contributed by atoms with Crippen molar-refractivity contribution in [3.05, 3.63) is 28.8 Å². The van der Waals surface area contributed by atoms with Crippen LogP contribution in [-0.2, 0) is 0 Å². The summed E-state index contributed by atoms with van der Waals surface area (Å²) in [6, 6.07) is 4.44. The first-order chi connectivity index (χ1) is 8.79. The van der Waals surface area contributed by atoms with Crippen LogP contribution in [0.2, 0.25) is 5.02 Å². The van der Waals surface area contributed by atoms with Gasteiger partial charge in [-0.1, -0.05) is 11.6 Å². The van der Waals surface area contributed by atoms with E-state index in [1.54, 1.807) is 19.2 Å². The van der Waals surface area contributed by atoms with Gasteiger partial charge in [0.1, 0.15) is 5.54 Å². The molecule has 1 amide bonds. The SMILES string of the molecule is CNc1ccc(Cl)cc1C(=O)NC1(C(F)(F)F)CC1. The molecule has 0 radical (unpaired) electrons. The van der Waals surface area contributed by atoms with Crippen LogP contribution in [-0.4, -0.2) is 24.7 Å². The first kappa shape index (κ1) is 14.0. The number of carbonyl (C=O) groups excluding carboxylic acids is 1. The molecule has 0 bridgehead atoms. The number of carbonyl (C=O) groups is 1. The molecule has 19 heavy (non-hydrogen) atoms. The quantitative estimate of drug-likeness (QED) is 0.898. The third kappa shape index (κ3) is 2.63. The molecular formula is C12H12ClF3N2O. The number of halogens is 4. The van der Waals surface area contributed by atoms with E-state index in [1.165, 1.54) is 6.07 Å². The lowest BCUT2D eigenvalue weighted by Gasteiger charge is -2.21. The van der Waals surface area contributed by atoms with Gasteiger partial charge in [0.15, 0.2) is 0 Å². The van der Waals surface area contributed by atoms with Crippen LogP contribution in [0, 0.1) is 0 Å². The van der Waals surface area contributed by atoms with Gasteiger partial charge in [0.25, 0.3) is 5.91 Å². The molecule has 2 rings (SSSR count). The molecule has 0 spiro atoms. The van der Waals surface area contributed by atoms with Crippen LogP contribution < -0.4 is 10.6 Å². The second kappa shape index (κ2) is 4.59. The van der Waals surface area contributed by atoms with Gasteiger partial charge in [0.05, 0.1) is 5.56 Å². The molecule has 1 saturated carbocycles. The van der Waals surface area contributed by atoms with Gasteiger partial charge in [-0.15, -0.1) is 0 Å². The van der Waals surface area contributed by atoms with Crippen molar-refractivity contribution in [2.75, 3.05) is 12.4 Å². The molecule has 0 aromatic heterocycles. The van der Waals surface area contributed by atoms with Crippen LogP contribution in [0.25, 0.3) is 0 Å². The van der Waals surface area contributed by atoms with Crippen molar-refractivity contribution in [2.45, 2.75) is 24.6 Å². The average molecular weight is 293 g/mol. The summed E-state index contributed by atoms with van der Waals surface area (Å²) >= 11 is 5.76. The van der Waals surface area contributed by atoms with Crippen LogP contribution in [0.3, 0.4) is 0 Å². The van der Waals surface area contributed by atoms with E-state index in [-0.39, 0.29) is 18.4 Å². The molecular weight excluding hydrogens is 281 g/mol. The number of amides is 1. The molecule has 0 atom stereocenters. The predicted octanol–water partition coefficient (Wildman–Crippen LogP) is 3.21. The van der Waals surface area contributed by atoms with Crippen LogP contribution in [0.1, 0.15) is 23.2 Å². The van der Waals surface area contributed by atoms with Crippen LogP contribution in [0.4, 0.5) is 18.9 Å². The number of hydrogen-bond acceptors (Lipinski definition) is 2. The topological polar surface area (TPSA) is 41.1 Å². The van der Waals surface area contributed by atoms with Crippen LogP contribution in [0.5, 0.6) is 0 Å². The first-order valence-electron chi connectivity index (χ1n) is 5.66. The zero-order valence-electron chi connectivity index (χ0n) is 10.1. The van der Waals surface area contributed by atoms with E-state index in [1.807, 2.05) is 0 Å². The Labute approximate surface area is 113 Å². The van der Waals surface area contributed by atoms with E-state index in [2.05, 4.69) is 10.6 Å². The van der Waals surface area contributed by atoms with Crippen molar-refractivity contribution in [3.63, 3.8) is 0 Å². The molecule has 0 saturated heterocycles. The molecule has 0 unspecified atom stereocenters. The molecule has 1 aliphatic carbocycles. The summed E-state index contributed by atoms with van der Waals surface area (Å²) in [5.74, 6) is -0.776. The Bertz CT molecular complexity index is 512. The summed E-state index contributed by atoms with van der Waals surface area (Å²) in [5.41, 5.74) is -1.54. The Morgan fingerprint density at radius 3 is 2.47 bits per heavy atom. The van der Waals surface area contributed by atoms with E-state index in [4.69, 9.17) is 11.6 Å². The maximum Gasteiger partial charge on any atom is 0.411 e. The number of nitrogens with one attached hydrogen (secondary N) is 2. The molecule has 1 aromatic carbocycles. The Hall–Kier alpha value is -1.43. The van der Waals surface area contributed by atoms with Crippen LogP contribution >= 0.6 is 11.6 Å². The Morgan fingerprint density at radius 2 is 2.00 bits per heavy atom. The third-order valence-electron chi connectivity index (χ3n) is 3.14. The molecule has 1 aromatic rings. The standard InChI is InChI=1S/C12H12ClF3N2O/c1-17-9-3-2-7(13)6-8(9)10(19)18-11(4-5-11)12(14,15)16/h2-3,6,17H,4-5H2,1H3,(H,18,19). The Balaban J connectivity index is 2.24. The maximum absolute atomic E-state index is 12.8. The highest BCUT2D eigenvalue weighted by Crippen LogP contribution is 2.49. The summed E-state index contributed by atoms with van der Waals surface area (Å²) in [6.07, 6.45) is -4.60. The van der Waals surface area contributed by atoms with Crippen molar-refractivity contribution < 1.29 is 18.0 Å². The highest BCUT2D eigenvalue weighted by molar-refractivity contribution is 6.31. The van der Waals surface area contributed by atoms with Gasteiger partial charge < -0.3 is 10.6 Å². The minimum atomic E-state index is -4.43. The highest BCUT2D eigenvalue weighted by atomic mass is 35.5. The molecule has 0 aliphatic heterocycles. The van der Waals surface area contributed by atoms with Gasteiger partial charge in [-0.25, -0.2) is 0 Å². The van der Waals surface area contributed by atoms with Gasteiger partial charge in [-0.05, 0) is 31.0 Å². The second-order valence-electron chi connectivity index (χ2n) is 4.47. The summed E-state index contributed by atoms with van der Waals surface area (Å²) in [5, 5.41) is 5.10. The molecule has 3 nitrogen and oxygen atoms in total. The second-order valence-corrected chi connectivity index (χ2v) is 4.91. The summed E-state index contributed by atoms with van der Waals surface area (Å²) < 4.78 is 38.3. The summed E-state index contributed by atoms with van der Waals surface area (Å²) in [7, 11) is 1.58. The number of anilines is 1. The largest absolute Gasteiger partial charge is 0.411 e. The lowest BCUT2D eigenvalue weighted by atomic mass is 10.1. The monoisotopic (exact) mass is 292 g/mol. The zero-order valence-corrected chi connectivity index (χ0v) is 10.8. The van der Waals surface area contributed by atoms with E-state index in [9.17, 15) is 18.0 Å². The Kier molecular flexibility index (Phi) is 3.38. The minimum Gasteiger partial charge on any atom is -0.387 e. The van der Waals surface area contributed by atoms with Crippen LogP contribution in [0.15, 0.2) is 18.2 Å². The van der Waals surface area contributed by atoms with Gasteiger partial charge in [0, 0.05) is 17.8 Å². The summed E-state index contributed by atoms with van der Waals surface area (Å²) in [6.45, 7) is 0. The molecule has 0 heterocycles. The lowest BCUT2D eigenvalue weighted by molar-refractivity contribution is -0.163. The van der Waals surface area contributed by atoms with Crippen molar-refractivity contribution in [1.29, 1.82) is 0 Å². The lowest BCUT2D eigenvalue weighted by Crippen LogP contribution is -2.47. The molecule has 1 aliphatic rings. The predicted molar refractivity (Wildman–Crippen MR) is 66.5 cm³/mol. The van der Waals surface area contributed by atoms with E-state index in [0.29, 0.717) is 10.7 Å². The van der Waals surface area contributed by atoms with Crippen molar-refractivity contribution in [3.8, 4) is 0 Å². The van der Waals surface area contributed by atoms with Gasteiger partial charge >= 0.3 is 6.18 Å². The average Bonchev–Trinajstić information content (AvgIpc) is 3.09. The number of hydrogen-bond donors (Lipinski definition) is 2. The molecule has 2 N–H and O–H groups in total. The fourth-order valence-electron chi connectivity index (χ4n) is 1.81. The van der Waals surface area contributed by atoms with Gasteiger partial charge in [0.2, 0.25) is 0 Å². The van der Waals surface area contributed by atoms with E-state index >= 15 is 0 Å².